The Hall–Kier alpha value is -2.69. The quantitative estimate of drug-likeness (QED) is 0.794. The summed E-state index contributed by atoms with van der Waals surface area (Å²) in [5.74, 6) is 0.722. The van der Waals surface area contributed by atoms with Gasteiger partial charge >= 0.3 is 0 Å². The molecule has 3 aromatic rings. The van der Waals surface area contributed by atoms with Crippen LogP contribution in [0, 0.1) is 5.82 Å². The maximum atomic E-state index is 12.8. The molecular weight excluding hydrogens is 259 g/mol. The SMILES string of the molecule is Oc1cccc(-c2noc(Cc3ccc(F)cc3)n2)c1. The van der Waals surface area contributed by atoms with Crippen LogP contribution < -0.4 is 0 Å². The number of hydrogen-bond donors (Lipinski definition) is 1. The summed E-state index contributed by atoms with van der Waals surface area (Å²) in [5.41, 5.74) is 1.57. The van der Waals surface area contributed by atoms with Gasteiger partial charge in [-0.3, -0.25) is 0 Å². The molecular formula is C15H11FN2O2. The predicted molar refractivity (Wildman–Crippen MR) is 70.6 cm³/mol. The van der Waals surface area contributed by atoms with Gasteiger partial charge in [0.2, 0.25) is 11.7 Å². The molecule has 1 aromatic heterocycles. The van der Waals surface area contributed by atoms with Crippen LogP contribution in [0.4, 0.5) is 4.39 Å². The summed E-state index contributed by atoms with van der Waals surface area (Å²) in [6, 6.07) is 12.8. The fourth-order valence-electron chi connectivity index (χ4n) is 1.87. The van der Waals surface area contributed by atoms with Crippen molar-refractivity contribution >= 4 is 0 Å². The van der Waals surface area contributed by atoms with E-state index in [-0.39, 0.29) is 11.6 Å². The van der Waals surface area contributed by atoms with Crippen molar-refractivity contribution in [3.8, 4) is 17.1 Å². The van der Waals surface area contributed by atoms with E-state index in [0.717, 1.165) is 5.56 Å². The van der Waals surface area contributed by atoms with E-state index in [1.807, 2.05) is 0 Å². The predicted octanol–water partition coefficient (Wildman–Crippen LogP) is 3.17. The Labute approximate surface area is 114 Å². The molecule has 0 bridgehead atoms. The summed E-state index contributed by atoms with van der Waals surface area (Å²) in [4.78, 5) is 4.26. The number of phenolic OH excluding ortho intramolecular Hbond substituents is 1. The fourth-order valence-corrected chi connectivity index (χ4v) is 1.87. The molecule has 0 aliphatic carbocycles. The lowest BCUT2D eigenvalue weighted by Gasteiger charge is -1.96. The highest BCUT2D eigenvalue weighted by Gasteiger charge is 2.09. The van der Waals surface area contributed by atoms with Gasteiger partial charge in [-0.25, -0.2) is 4.39 Å². The highest BCUT2D eigenvalue weighted by molar-refractivity contribution is 5.56. The summed E-state index contributed by atoms with van der Waals surface area (Å²) in [7, 11) is 0. The average Bonchev–Trinajstić information content (AvgIpc) is 2.90. The molecule has 3 rings (SSSR count). The molecule has 0 aliphatic heterocycles. The molecule has 0 spiro atoms. The number of hydrogen-bond acceptors (Lipinski definition) is 4. The summed E-state index contributed by atoms with van der Waals surface area (Å²) < 4.78 is 18.0. The van der Waals surface area contributed by atoms with Gasteiger partial charge in [0.25, 0.3) is 0 Å². The molecule has 1 heterocycles. The minimum atomic E-state index is -0.278. The third kappa shape index (κ3) is 2.66. The first-order chi connectivity index (χ1) is 9.70. The molecule has 0 aliphatic rings. The second-order valence-electron chi connectivity index (χ2n) is 4.37. The van der Waals surface area contributed by atoms with E-state index in [1.54, 1.807) is 36.4 Å². The number of nitrogens with zero attached hydrogens (tertiary/aromatic N) is 2. The van der Waals surface area contributed by atoms with Crippen LogP contribution in [0.25, 0.3) is 11.4 Å². The van der Waals surface area contributed by atoms with Crippen LogP contribution in [0.1, 0.15) is 11.5 Å². The number of rotatable bonds is 3. The molecule has 5 heteroatoms. The van der Waals surface area contributed by atoms with E-state index in [9.17, 15) is 9.50 Å². The molecule has 2 aromatic carbocycles. The third-order valence-corrected chi connectivity index (χ3v) is 2.84. The molecule has 1 N–H and O–H groups in total. The Balaban J connectivity index is 1.82. The smallest absolute Gasteiger partial charge is 0.231 e. The van der Waals surface area contributed by atoms with E-state index >= 15 is 0 Å². The Morgan fingerprint density at radius 3 is 2.65 bits per heavy atom. The molecule has 0 saturated heterocycles. The van der Waals surface area contributed by atoms with Gasteiger partial charge in [0.15, 0.2) is 0 Å². The van der Waals surface area contributed by atoms with Gasteiger partial charge in [-0.15, -0.1) is 0 Å². The van der Waals surface area contributed by atoms with Crippen molar-refractivity contribution in [3.63, 3.8) is 0 Å². The van der Waals surface area contributed by atoms with Crippen LogP contribution in [0.3, 0.4) is 0 Å². The van der Waals surface area contributed by atoms with Crippen molar-refractivity contribution in [3.05, 3.63) is 65.8 Å². The van der Waals surface area contributed by atoms with Crippen molar-refractivity contribution in [2.45, 2.75) is 6.42 Å². The first kappa shape index (κ1) is 12.3. The molecule has 0 radical (unpaired) electrons. The van der Waals surface area contributed by atoms with E-state index in [2.05, 4.69) is 10.1 Å². The van der Waals surface area contributed by atoms with Crippen LogP contribution in [-0.4, -0.2) is 15.2 Å². The topological polar surface area (TPSA) is 59.2 Å². The van der Waals surface area contributed by atoms with Crippen molar-refractivity contribution < 1.29 is 14.0 Å². The summed E-state index contributed by atoms with van der Waals surface area (Å²) in [6.45, 7) is 0. The normalized spacial score (nSPS) is 10.7. The summed E-state index contributed by atoms with van der Waals surface area (Å²) in [6.07, 6.45) is 0.437. The Morgan fingerprint density at radius 1 is 1.10 bits per heavy atom. The van der Waals surface area contributed by atoms with E-state index in [0.29, 0.717) is 23.7 Å². The number of halogens is 1. The van der Waals surface area contributed by atoms with Gasteiger partial charge in [-0.1, -0.05) is 29.4 Å². The first-order valence-electron chi connectivity index (χ1n) is 6.07. The van der Waals surface area contributed by atoms with Crippen LogP contribution in [0.2, 0.25) is 0 Å². The van der Waals surface area contributed by atoms with Gasteiger partial charge in [-0.2, -0.15) is 4.98 Å². The number of aromatic nitrogens is 2. The zero-order chi connectivity index (χ0) is 13.9. The molecule has 0 fully saturated rings. The van der Waals surface area contributed by atoms with Crippen molar-refractivity contribution in [1.82, 2.24) is 10.1 Å². The summed E-state index contributed by atoms with van der Waals surface area (Å²) >= 11 is 0. The lowest BCUT2D eigenvalue weighted by Crippen LogP contribution is -1.89. The van der Waals surface area contributed by atoms with Gasteiger partial charge in [0, 0.05) is 5.56 Å². The molecule has 0 atom stereocenters. The number of aromatic hydroxyl groups is 1. The van der Waals surface area contributed by atoms with Crippen molar-refractivity contribution in [2.75, 3.05) is 0 Å². The van der Waals surface area contributed by atoms with Crippen LogP contribution >= 0.6 is 0 Å². The highest BCUT2D eigenvalue weighted by Crippen LogP contribution is 2.21. The largest absolute Gasteiger partial charge is 0.508 e. The van der Waals surface area contributed by atoms with Gasteiger partial charge in [-0.05, 0) is 29.8 Å². The molecule has 0 saturated carbocycles. The Bertz CT molecular complexity index is 723. The molecule has 100 valence electrons. The molecule has 20 heavy (non-hydrogen) atoms. The summed E-state index contributed by atoms with van der Waals surface area (Å²) in [5, 5.41) is 13.3. The average molecular weight is 270 g/mol. The number of benzene rings is 2. The van der Waals surface area contributed by atoms with Gasteiger partial charge in [0.05, 0.1) is 6.42 Å². The van der Waals surface area contributed by atoms with Gasteiger partial charge in [0.1, 0.15) is 11.6 Å². The zero-order valence-electron chi connectivity index (χ0n) is 10.5. The first-order valence-corrected chi connectivity index (χ1v) is 6.07. The molecule has 4 nitrogen and oxygen atoms in total. The monoisotopic (exact) mass is 270 g/mol. The van der Waals surface area contributed by atoms with Gasteiger partial charge < -0.3 is 9.63 Å². The highest BCUT2D eigenvalue weighted by atomic mass is 19.1. The van der Waals surface area contributed by atoms with E-state index < -0.39 is 0 Å². The lowest BCUT2D eigenvalue weighted by molar-refractivity contribution is 0.385. The third-order valence-electron chi connectivity index (χ3n) is 2.84. The molecule has 0 amide bonds. The molecule has 0 unspecified atom stereocenters. The van der Waals surface area contributed by atoms with E-state index in [1.165, 1.54) is 12.1 Å². The van der Waals surface area contributed by atoms with E-state index in [4.69, 9.17) is 4.52 Å². The minimum Gasteiger partial charge on any atom is -0.508 e. The van der Waals surface area contributed by atoms with Crippen LogP contribution in [0.5, 0.6) is 5.75 Å². The van der Waals surface area contributed by atoms with Crippen LogP contribution in [0.15, 0.2) is 53.1 Å². The standard InChI is InChI=1S/C15H11FN2O2/c16-12-6-4-10(5-7-12)8-14-17-15(18-20-14)11-2-1-3-13(19)9-11/h1-7,9,19H,8H2. The fraction of sp³-hybridized carbons (Fsp3) is 0.0667. The second-order valence-corrected chi connectivity index (χ2v) is 4.37. The lowest BCUT2D eigenvalue weighted by atomic mass is 10.1. The van der Waals surface area contributed by atoms with Crippen molar-refractivity contribution in [1.29, 1.82) is 0 Å². The Kier molecular flexibility index (Phi) is 3.16. The number of phenols is 1. The van der Waals surface area contributed by atoms with Crippen molar-refractivity contribution in [2.24, 2.45) is 0 Å². The second kappa shape index (κ2) is 5.13. The maximum absolute atomic E-state index is 12.8. The minimum absolute atomic E-state index is 0.146. The van der Waals surface area contributed by atoms with Crippen LogP contribution in [-0.2, 0) is 6.42 Å². The zero-order valence-corrected chi connectivity index (χ0v) is 10.5. The maximum Gasteiger partial charge on any atom is 0.231 e. The Morgan fingerprint density at radius 2 is 1.90 bits per heavy atom.